The number of carbonyl (C=O) groups is 2. The highest BCUT2D eigenvalue weighted by molar-refractivity contribution is 6.30. The van der Waals surface area contributed by atoms with Gasteiger partial charge in [-0.1, -0.05) is 30.7 Å². The van der Waals surface area contributed by atoms with E-state index in [-0.39, 0.29) is 6.61 Å². The number of amides is 2. The van der Waals surface area contributed by atoms with Crippen LogP contribution in [0.25, 0.3) is 0 Å². The van der Waals surface area contributed by atoms with Gasteiger partial charge in [-0.05, 0) is 42.8 Å². The van der Waals surface area contributed by atoms with Crippen molar-refractivity contribution >= 4 is 23.4 Å². The highest BCUT2D eigenvalue weighted by Gasteiger charge is 2.13. The molecule has 0 saturated carbocycles. The number of hydrazine groups is 1. The SMILES string of the molecule is CCCOc1ccccc1C(=O)NNC(=O)COc1ccc(Cl)cc1. The molecular formula is C18H19ClN2O4. The van der Waals surface area contributed by atoms with Crippen LogP contribution in [-0.2, 0) is 4.79 Å². The molecule has 25 heavy (non-hydrogen) atoms. The van der Waals surface area contributed by atoms with Crippen LogP contribution in [-0.4, -0.2) is 25.0 Å². The molecule has 2 amide bonds. The van der Waals surface area contributed by atoms with Gasteiger partial charge in [0.25, 0.3) is 11.8 Å². The number of carbonyl (C=O) groups excluding carboxylic acids is 2. The van der Waals surface area contributed by atoms with Crippen LogP contribution in [0.15, 0.2) is 48.5 Å². The number of halogens is 1. The van der Waals surface area contributed by atoms with Crippen molar-refractivity contribution in [3.63, 3.8) is 0 Å². The van der Waals surface area contributed by atoms with Crippen molar-refractivity contribution in [3.05, 3.63) is 59.1 Å². The van der Waals surface area contributed by atoms with Crippen LogP contribution in [0.2, 0.25) is 5.02 Å². The fourth-order valence-corrected chi connectivity index (χ4v) is 2.03. The fraction of sp³-hybridized carbons (Fsp3) is 0.222. The van der Waals surface area contributed by atoms with Crippen LogP contribution in [0, 0.1) is 0 Å². The minimum atomic E-state index is -0.491. The van der Waals surface area contributed by atoms with Crippen molar-refractivity contribution in [1.82, 2.24) is 10.9 Å². The zero-order valence-electron chi connectivity index (χ0n) is 13.8. The third-order valence-corrected chi connectivity index (χ3v) is 3.34. The van der Waals surface area contributed by atoms with E-state index in [2.05, 4.69) is 10.9 Å². The highest BCUT2D eigenvalue weighted by atomic mass is 35.5. The van der Waals surface area contributed by atoms with Crippen LogP contribution >= 0.6 is 11.6 Å². The molecule has 132 valence electrons. The smallest absolute Gasteiger partial charge is 0.276 e. The molecule has 0 heterocycles. The second kappa shape index (κ2) is 9.54. The number of ether oxygens (including phenoxy) is 2. The maximum Gasteiger partial charge on any atom is 0.276 e. The van der Waals surface area contributed by atoms with Crippen molar-refractivity contribution in [3.8, 4) is 11.5 Å². The summed E-state index contributed by atoms with van der Waals surface area (Å²) in [5, 5.41) is 0.577. The predicted octanol–water partition coefficient (Wildman–Crippen LogP) is 2.97. The van der Waals surface area contributed by atoms with E-state index in [4.69, 9.17) is 21.1 Å². The molecule has 0 radical (unpaired) electrons. The number of benzene rings is 2. The third-order valence-electron chi connectivity index (χ3n) is 3.09. The zero-order valence-corrected chi connectivity index (χ0v) is 14.5. The second-order valence-electron chi connectivity index (χ2n) is 5.09. The topological polar surface area (TPSA) is 76.7 Å². The Morgan fingerprint density at radius 2 is 1.72 bits per heavy atom. The van der Waals surface area contributed by atoms with Gasteiger partial charge in [0, 0.05) is 5.02 Å². The molecule has 0 fully saturated rings. The molecule has 0 saturated heterocycles. The normalized spacial score (nSPS) is 10.0. The van der Waals surface area contributed by atoms with E-state index in [0.29, 0.717) is 28.7 Å². The molecule has 0 atom stereocenters. The first-order valence-electron chi connectivity index (χ1n) is 7.79. The second-order valence-corrected chi connectivity index (χ2v) is 5.53. The first-order valence-corrected chi connectivity index (χ1v) is 8.17. The van der Waals surface area contributed by atoms with Crippen LogP contribution in [0.4, 0.5) is 0 Å². The molecule has 6 nitrogen and oxygen atoms in total. The standard InChI is InChI=1S/C18H19ClN2O4/c1-2-11-24-16-6-4-3-5-15(16)18(23)21-20-17(22)12-25-14-9-7-13(19)8-10-14/h3-10H,2,11-12H2,1H3,(H,20,22)(H,21,23). The molecule has 0 aliphatic rings. The number of rotatable bonds is 7. The van der Waals surface area contributed by atoms with Gasteiger partial charge in [0.2, 0.25) is 0 Å². The Hall–Kier alpha value is -2.73. The maximum absolute atomic E-state index is 12.2. The Balaban J connectivity index is 1.83. The van der Waals surface area contributed by atoms with Crippen LogP contribution in [0.3, 0.4) is 0 Å². The Labute approximate surface area is 151 Å². The van der Waals surface area contributed by atoms with Gasteiger partial charge >= 0.3 is 0 Å². The summed E-state index contributed by atoms with van der Waals surface area (Å²) < 4.78 is 10.8. The largest absolute Gasteiger partial charge is 0.493 e. The molecule has 2 aromatic carbocycles. The summed E-state index contributed by atoms with van der Waals surface area (Å²) in [7, 11) is 0. The van der Waals surface area contributed by atoms with Gasteiger partial charge < -0.3 is 9.47 Å². The molecule has 0 aliphatic carbocycles. The van der Waals surface area contributed by atoms with Gasteiger partial charge in [0.15, 0.2) is 6.61 Å². The van der Waals surface area contributed by atoms with E-state index in [1.165, 1.54) is 0 Å². The number of hydrogen-bond donors (Lipinski definition) is 2. The lowest BCUT2D eigenvalue weighted by molar-refractivity contribution is -0.123. The Kier molecular flexibility index (Phi) is 7.10. The number of nitrogens with one attached hydrogen (secondary N) is 2. The Morgan fingerprint density at radius 3 is 2.44 bits per heavy atom. The van der Waals surface area contributed by atoms with Gasteiger partial charge in [0.05, 0.1) is 12.2 Å². The van der Waals surface area contributed by atoms with Crippen molar-refractivity contribution in [1.29, 1.82) is 0 Å². The summed E-state index contributed by atoms with van der Waals surface area (Å²) in [6.07, 6.45) is 0.828. The van der Waals surface area contributed by atoms with E-state index in [1.54, 1.807) is 48.5 Å². The van der Waals surface area contributed by atoms with E-state index in [1.807, 2.05) is 6.92 Å². The van der Waals surface area contributed by atoms with Crippen molar-refractivity contribution < 1.29 is 19.1 Å². The minimum Gasteiger partial charge on any atom is -0.493 e. The molecule has 2 aromatic rings. The first kappa shape index (κ1) is 18.6. The van der Waals surface area contributed by atoms with Crippen LogP contribution in [0.1, 0.15) is 23.7 Å². The molecule has 2 N–H and O–H groups in total. The molecule has 0 bridgehead atoms. The van der Waals surface area contributed by atoms with Crippen LogP contribution in [0.5, 0.6) is 11.5 Å². The molecular weight excluding hydrogens is 344 g/mol. The average Bonchev–Trinajstić information content (AvgIpc) is 2.64. The lowest BCUT2D eigenvalue weighted by atomic mass is 10.2. The van der Waals surface area contributed by atoms with E-state index in [9.17, 15) is 9.59 Å². The Morgan fingerprint density at radius 1 is 1.00 bits per heavy atom. The molecule has 2 rings (SSSR count). The molecule has 0 spiro atoms. The van der Waals surface area contributed by atoms with Gasteiger partial charge in [-0.3, -0.25) is 20.4 Å². The predicted molar refractivity (Wildman–Crippen MR) is 94.8 cm³/mol. The van der Waals surface area contributed by atoms with Crippen molar-refractivity contribution in [2.75, 3.05) is 13.2 Å². The van der Waals surface area contributed by atoms with Crippen LogP contribution < -0.4 is 20.3 Å². The zero-order chi connectivity index (χ0) is 18.1. The first-order chi connectivity index (χ1) is 12.1. The number of hydrogen-bond acceptors (Lipinski definition) is 4. The van der Waals surface area contributed by atoms with Gasteiger partial charge in [0.1, 0.15) is 11.5 Å². The lowest BCUT2D eigenvalue weighted by Crippen LogP contribution is -2.43. The van der Waals surface area contributed by atoms with E-state index >= 15 is 0 Å². The quantitative estimate of drug-likeness (QED) is 0.742. The maximum atomic E-state index is 12.2. The summed E-state index contributed by atoms with van der Waals surface area (Å²) in [5.41, 5.74) is 4.98. The summed E-state index contributed by atoms with van der Waals surface area (Å²) >= 11 is 5.77. The lowest BCUT2D eigenvalue weighted by Gasteiger charge is -2.12. The van der Waals surface area contributed by atoms with Crippen molar-refractivity contribution in [2.24, 2.45) is 0 Å². The van der Waals surface area contributed by atoms with E-state index in [0.717, 1.165) is 6.42 Å². The third kappa shape index (κ3) is 6.00. The molecule has 7 heteroatoms. The van der Waals surface area contributed by atoms with E-state index < -0.39 is 11.8 Å². The Bertz CT molecular complexity index is 719. The molecule has 0 aliphatic heterocycles. The minimum absolute atomic E-state index is 0.240. The summed E-state index contributed by atoms with van der Waals surface area (Å²) in [4.78, 5) is 24.0. The highest BCUT2D eigenvalue weighted by Crippen LogP contribution is 2.18. The average molecular weight is 363 g/mol. The van der Waals surface area contributed by atoms with Gasteiger partial charge in [-0.15, -0.1) is 0 Å². The monoisotopic (exact) mass is 362 g/mol. The summed E-state index contributed by atoms with van der Waals surface area (Å²) in [5.74, 6) is 0.0134. The fourth-order valence-electron chi connectivity index (χ4n) is 1.90. The summed E-state index contributed by atoms with van der Waals surface area (Å²) in [6.45, 7) is 2.24. The van der Waals surface area contributed by atoms with Gasteiger partial charge in [-0.25, -0.2) is 0 Å². The van der Waals surface area contributed by atoms with Gasteiger partial charge in [-0.2, -0.15) is 0 Å². The summed E-state index contributed by atoms with van der Waals surface area (Å²) in [6, 6.07) is 13.4. The molecule has 0 unspecified atom stereocenters. The molecule has 0 aromatic heterocycles. The van der Waals surface area contributed by atoms with Crippen molar-refractivity contribution in [2.45, 2.75) is 13.3 Å². The number of para-hydroxylation sites is 1.